The van der Waals surface area contributed by atoms with E-state index < -0.39 is 0 Å². The van der Waals surface area contributed by atoms with Crippen LogP contribution in [0.4, 0.5) is 0 Å². The topological polar surface area (TPSA) is 23.6 Å². The van der Waals surface area contributed by atoms with Crippen LogP contribution in [0.25, 0.3) is 0 Å². The van der Waals surface area contributed by atoms with Gasteiger partial charge in [-0.2, -0.15) is 0 Å². The Kier molecular flexibility index (Phi) is 4.37. The summed E-state index contributed by atoms with van der Waals surface area (Å²) in [6, 6.07) is 0. The van der Waals surface area contributed by atoms with Gasteiger partial charge in [0.1, 0.15) is 5.78 Å². The molecule has 1 fully saturated rings. The molecular formula is C14H28N2O. The fourth-order valence-electron chi connectivity index (χ4n) is 2.68. The predicted molar refractivity (Wildman–Crippen MR) is 72.2 cm³/mol. The zero-order chi connectivity index (χ0) is 13.3. The first-order valence-corrected chi connectivity index (χ1v) is 6.57. The van der Waals surface area contributed by atoms with Crippen molar-refractivity contribution >= 4 is 5.78 Å². The lowest BCUT2D eigenvalue weighted by Gasteiger charge is -2.50. The van der Waals surface area contributed by atoms with Crippen LogP contribution in [-0.4, -0.2) is 55.4 Å². The maximum Gasteiger partial charge on any atom is 0.136 e. The van der Waals surface area contributed by atoms with Crippen LogP contribution in [0.15, 0.2) is 0 Å². The molecule has 0 aliphatic heterocycles. The van der Waals surface area contributed by atoms with Gasteiger partial charge in [0.15, 0.2) is 0 Å². The highest BCUT2D eigenvalue weighted by Gasteiger charge is 2.40. The molecule has 0 radical (unpaired) electrons. The van der Waals surface area contributed by atoms with E-state index in [-0.39, 0.29) is 11.2 Å². The van der Waals surface area contributed by atoms with Crippen molar-refractivity contribution in [3.8, 4) is 0 Å². The van der Waals surface area contributed by atoms with Crippen LogP contribution in [0.5, 0.6) is 0 Å². The summed E-state index contributed by atoms with van der Waals surface area (Å²) in [7, 11) is 6.47. The summed E-state index contributed by atoms with van der Waals surface area (Å²) in [6.45, 7) is 7.68. The lowest BCUT2D eigenvalue weighted by atomic mass is 9.75. The van der Waals surface area contributed by atoms with E-state index in [0.717, 1.165) is 13.1 Å². The average Bonchev–Trinajstić information content (AvgIpc) is 2.09. The van der Waals surface area contributed by atoms with Crippen LogP contribution in [0.2, 0.25) is 0 Å². The maximum atomic E-state index is 11.5. The van der Waals surface area contributed by atoms with E-state index in [2.05, 4.69) is 30.9 Å². The number of rotatable bonds is 6. The normalized spacial score (nSPS) is 19.5. The van der Waals surface area contributed by atoms with Gasteiger partial charge >= 0.3 is 0 Å². The van der Waals surface area contributed by atoms with Crippen molar-refractivity contribution < 1.29 is 4.79 Å². The molecule has 1 saturated carbocycles. The molecule has 0 heterocycles. The lowest BCUT2D eigenvalue weighted by Crippen LogP contribution is -2.57. The fourth-order valence-corrected chi connectivity index (χ4v) is 2.68. The minimum Gasteiger partial charge on any atom is -0.304 e. The Hall–Kier alpha value is -0.410. The van der Waals surface area contributed by atoms with E-state index >= 15 is 0 Å². The second kappa shape index (κ2) is 5.07. The Labute approximate surface area is 106 Å². The number of carbonyl (C=O) groups excluding carboxylic acids is 1. The number of Topliss-reactive ketones (excluding diaryl/α,β-unsaturated/α-hetero) is 1. The molecule has 17 heavy (non-hydrogen) atoms. The first-order valence-electron chi connectivity index (χ1n) is 6.57. The summed E-state index contributed by atoms with van der Waals surface area (Å²) in [5, 5.41) is 0. The Balaban J connectivity index is 2.55. The van der Waals surface area contributed by atoms with Crippen molar-refractivity contribution in [2.24, 2.45) is 5.41 Å². The van der Waals surface area contributed by atoms with Gasteiger partial charge in [-0.3, -0.25) is 4.79 Å². The molecule has 1 aliphatic carbocycles. The Bertz CT molecular complexity index is 280. The van der Waals surface area contributed by atoms with Gasteiger partial charge in [-0.1, -0.05) is 13.8 Å². The monoisotopic (exact) mass is 240 g/mol. The first kappa shape index (κ1) is 14.7. The van der Waals surface area contributed by atoms with E-state index in [4.69, 9.17) is 0 Å². The second-order valence-corrected chi connectivity index (χ2v) is 6.58. The summed E-state index contributed by atoms with van der Waals surface area (Å²) >= 11 is 0. The molecular weight excluding hydrogens is 212 g/mol. The third kappa shape index (κ3) is 3.29. The first-order chi connectivity index (χ1) is 7.69. The van der Waals surface area contributed by atoms with Gasteiger partial charge in [0.25, 0.3) is 0 Å². The van der Waals surface area contributed by atoms with Gasteiger partial charge in [-0.15, -0.1) is 0 Å². The highest BCUT2D eigenvalue weighted by atomic mass is 16.1. The SMILES string of the molecule is CC(=O)C(C)(C)CN(C)CC1(N(C)C)CCC1. The Morgan fingerprint density at radius 3 is 2.06 bits per heavy atom. The number of ketones is 1. The maximum absolute atomic E-state index is 11.5. The third-order valence-electron chi connectivity index (χ3n) is 4.42. The summed E-state index contributed by atoms with van der Waals surface area (Å²) in [5.74, 6) is 0.275. The molecule has 1 rings (SSSR count). The number of carbonyl (C=O) groups is 1. The third-order valence-corrected chi connectivity index (χ3v) is 4.42. The fraction of sp³-hybridized carbons (Fsp3) is 0.929. The largest absolute Gasteiger partial charge is 0.304 e. The number of likely N-dealkylation sites (N-methyl/N-ethyl adjacent to an activating group) is 2. The molecule has 100 valence electrons. The number of hydrogen-bond acceptors (Lipinski definition) is 3. The molecule has 0 unspecified atom stereocenters. The van der Waals surface area contributed by atoms with Crippen LogP contribution < -0.4 is 0 Å². The zero-order valence-electron chi connectivity index (χ0n) is 12.3. The van der Waals surface area contributed by atoms with E-state index in [0.29, 0.717) is 5.54 Å². The van der Waals surface area contributed by atoms with E-state index in [1.807, 2.05) is 13.8 Å². The van der Waals surface area contributed by atoms with E-state index in [1.54, 1.807) is 6.92 Å². The summed E-state index contributed by atoms with van der Waals surface area (Å²) in [4.78, 5) is 16.2. The number of hydrogen-bond donors (Lipinski definition) is 0. The van der Waals surface area contributed by atoms with Crippen molar-refractivity contribution in [2.75, 3.05) is 34.2 Å². The van der Waals surface area contributed by atoms with Gasteiger partial charge in [-0.25, -0.2) is 0 Å². The van der Waals surface area contributed by atoms with Crippen LogP contribution in [-0.2, 0) is 4.79 Å². The van der Waals surface area contributed by atoms with E-state index in [9.17, 15) is 4.79 Å². The molecule has 0 spiro atoms. The average molecular weight is 240 g/mol. The number of nitrogens with zero attached hydrogens (tertiary/aromatic N) is 2. The molecule has 0 bridgehead atoms. The predicted octanol–water partition coefficient (Wildman–Crippen LogP) is 2.02. The summed E-state index contributed by atoms with van der Waals surface area (Å²) in [5.41, 5.74) is 0.119. The van der Waals surface area contributed by atoms with Crippen LogP contribution in [0.3, 0.4) is 0 Å². The van der Waals surface area contributed by atoms with Crippen molar-refractivity contribution in [2.45, 2.75) is 45.6 Å². The van der Waals surface area contributed by atoms with Gasteiger partial charge in [0, 0.05) is 24.0 Å². The molecule has 0 saturated heterocycles. The molecule has 0 aromatic rings. The molecule has 3 nitrogen and oxygen atoms in total. The van der Waals surface area contributed by atoms with Crippen LogP contribution in [0.1, 0.15) is 40.0 Å². The highest BCUT2D eigenvalue weighted by molar-refractivity contribution is 5.81. The standard InChI is InChI=1S/C14H28N2O/c1-12(17)13(2,3)10-16(6)11-14(15(4)5)8-7-9-14/h7-11H2,1-6H3. The van der Waals surface area contributed by atoms with Crippen molar-refractivity contribution in [3.63, 3.8) is 0 Å². The van der Waals surface area contributed by atoms with Gasteiger partial charge in [0.2, 0.25) is 0 Å². The smallest absolute Gasteiger partial charge is 0.136 e. The van der Waals surface area contributed by atoms with Crippen molar-refractivity contribution in [3.05, 3.63) is 0 Å². The molecule has 0 amide bonds. The lowest BCUT2D eigenvalue weighted by molar-refractivity contribution is -0.126. The molecule has 0 N–H and O–H groups in total. The molecule has 1 aliphatic rings. The van der Waals surface area contributed by atoms with Crippen LogP contribution in [0, 0.1) is 5.41 Å². The van der Waals surface area contributed by atoms with Gasteiger partial charge in [0.05, 0.1) is 0 Å². The molecule has 0 aromatic heterocycles. The molecule has 0 atom stereocenters. The van der Waals surface area contributed by atoms with Gasteiger partial charge < -0.3 is 9.80 Å². The molecule has 0 aromatic carbocycles. The Morgan fingerprint density at radius 1 is 1.24 bits per heavy atom. The second-order valence-electron chi connectivity index (χ2n) is 6.58. The summed E-state index contributed by atoms with van der Waals surface area (Å²) in [6.07, 6.45) is 3.90. The quantitative estimate of drug-likeness (QED) is 0.709. The van der Waals surface area contributed by atoms with Crippen molar-refractivity contribution in [1.29, 1.82) is 0 Å². The minimum absolute atomic E-state index is 0.230. The molecule has 3 heteroatoms. The highest BCUT2D eigenvalue weighted by Crippen LogP contribution is 2.37. The zero-order valence-corrected chi connectivity index (χ0v) is 12.3. The van der Waals surface area contributed by atoms with Gasteiger partial charge in [-0.05, 0) is 47.3 Å². The van der Waals surface area contributed by atoms with Crippen LogP contribution >= 0.6 is 0 Å². The Morgan fingerprint density at radius 2 is 1.76 bits per heavy atom. The van der Waals surface area contributed by atoms with Crippen molar-refractivity contribution in [1.82, 2.24) is 9.80 Å². The summed E-state index contributed by atoms with van der Waals surface area (Å²) < 4.78 is 0. The minimum atomic E-state index is -0.230. The van der Waals surface area contributed by atoms with E-state index in [1.165, 1.54) is 19.3 Å².